The third kappa shape index (κ3) is 6.09. The fraction of sp³-hybridized carbons (Fsp3) is 0.684. The van der Waals surface area contributed by atoms with Gasteiger partial charge in [0.05, 0.1) is 0 Å². The van der Waals surface area contributed by atoms with Gasteiger partial charge in [0.2, 0.25) is 0 Å². The van der Waals surface area contributed by atoms with E-state index in [1.165, 1.54) is 50.5 Å². The monoisotopic (exact) mass is 275 g/mol. The molecule has 0 spiro atoms. The topological polar surface area (TPSA) is 12.0 Å². The van der Waals surface area contributed by atoms with Crippen molar-refractivity contribution in [3.05, 3.63) is 35.9 Å². The number of benzene rings is 1. The van der Waals surface area contributed by atoms with E-state index in [0.717, 1.165) is 6.54 Å². The van der Waals surface area contributed by atoms with Crippen LogP contribution in [0.3, 0.4) is 0 Å². The van der Waals surface area contributed by atoms with E-state index in [-0.39, 0.29) is 0 Å². The summed E-state index contributed by atoms with van der Waals surface area (Å²) in [5.41, 5.74) is 1.50. The molecule has 1 nitrogen and oxygen atoms in total. The molecular formula is C19H33N. The highest BCUT2D eigenvalue weighted by molar-refractivity contribution is 5.21. The van der Waals surface area contributed by atoms with Crippen molar-refractivity contribution in [2.24, 2.45) is 0 Å². The Balaban J connectivity index is 2.62. The van der Waals surface area contributed by atoms with E-state index in [9.17, 15) is 0 Å². The molecule has 20 heavy (non-hydrogen) atoms. The lowest BCUT2D eigenvalue weighted by Gasteiger charge is -2.28. The van der Waals surface area contributed by atoms with E-state index < -0.39 is 0 Å². The molecule has 1 heteroatoms. The van der Waals surface area contributed by atoms with E-state index in [2.05, 4.69) is 56.4 Å². The van der Waals surface area contributed by atoms with Gasteiger partial charge in [-0.25, -0.2) is 0 Å². The molecule has 0 saturated carbocycles. The summed E-state index contributed by atoms with van der Waals surface area (Å²) in [4.78, 5) is 0. The first-order valence-corrected chi connectivity index (χ1v) is 8.61. The van der Waals surface area contributed by atoms with E-state index >= 15 is 0 Å². The summed E-state index contributed by atoms with van der Waals surface area (Å²) >= 11 is 0. The Hall–Kier alpha value is -0.820. The van der Waals surface area contributed by atoms with Crippen LogP contribution >= 0.6 is 0 Å². The van der Waals surface area contributed by atoms with Crippen LogP contribution in [0.5, 0.6) is 0 Å². The summed E-state index contributed by atoms with van der Waals surface area (Å²) in [7, 11) is 0. The minimum absolute atomic E-state index is 0.638. The van der Waals surface area contributed by atoms with Crippen molar-refractivity contribution in [3.8, 4) is 0 Å². The summed E-state index contributed by atoms with van der Waals surface area (Å²) in [5, 5.41) is 3.80. The van der Waals surface area contributed by atoms with Crippen LogP contribution in [0.1, 0.15) is 77.2 Å². The molecule has 1 rings (SSSR count). The van der Waals surface area contributed by atoms with Crippen LogP contribution in [-0.2, 0) is 0 Å². The molecule has 0 aliphatic rings. The van der Waals surface area contributed by atoms with Crippen molar-refractivity contribution < 1.29 is 0 Å². The minimum Gasteiger partial charge on any atom is -0.313 e. The molecule has 0 aliphatic carbocycles. The Labute approximate surface area is 126 Å². The fourth-order valence-electron chi connectivity index (χ4n) is 3.02. The highest BCUT2D eigenvalue weighted by atomic mass is 14.9. The van der Waals surface area contributed by atoms with Crippen molar-refractivity contribution in [2.45, 2.75) is 77.7 Å². The lowest BCUT2D eigenvalue weighted by atomic mass is 9.86. The zero-order valence-electron chi connectivity index (χ0n) is 13.7. The molecule has 1 aromatic carbocycles. The van der Waals surface area contributed by atoms with E-state index in [4.69, 9.17) is 0 Å². The predicted molar refractivity (Wildman–Crippen MR) is 90.3 cm³/mol. The van der Waals surface area contributed by atoms with Crippen LogP contribution in [0.15, 0.2) is 30.3 Å². The minimum atomic E-state index is 0.638. The van der Waals surface area contributed by atoms with Crippen molar-refractivity contribution in [1.82, 2.24) is 5.32 Å². The van der Waals surface area contributed by atoms with Crippen LogP contribution in [-0.4, -0.2) is 12.6 Å². The van der Waals surface area contributed by atoms with Gasteiger partial charge in [-0.1, -0.05) is 76.8 Å². The summed E-state index contributed by atoms with van der Waals surface area (Å²) < 4.78 is 0. The maximum absolute atomic E-state index is 3.80. The van der Waals surface area contributed by atoms with E-state index in [1.807, 2.05) is 0 Å². The Bertz CT molecular complexity index is 320. The molecule has 0 bridgehead atoms. The molecule has 0 heterocycles. The van der Waals surface area contributed by atoms with Gasteiger partial charge in [-0.2, -0.15) is 0 Å². The molecule has 114 valence electrons. The molecule has 1 aromatic rings. The summed E-state index contributed by atoms with van der Waals surface area (Å²) in [6.07, 6.45) is 9.19. The van der Waals surface area contributed by atoms with Crippen LogP contribution in [0.2, 0.25) is 0 Å². The van der Waals surface area contributed by atoms with Crippen molar-refractivity contribution in [1.29, 1.82) is 0 Å². The van der Waals surface area contributed by atoms with Crippen LogP contribution < -0.4 is 5.32 Å². The normalized spacial score (nSPS) is 14.2. The Morgan fingerprint density at radius 1 is 0.900 bits per heavy atom. The van der Waals surface area contributed by atoms with Crippen LogP contribution in [0.25, 0.3) is 0 Å². The molecule has 2 unspecified atom stereocenters. The lowest BCUT2D eigenvalue weighted by molar-refractivity contribution is 0.385. The van der Waals surface area contributed by atoms with Gasteiger partial charge >= 0.3 is 0 Å². The summed E-state index contributed by atoms with van der Waals surface area (Å²) in [5.74, 6) is 0.657. The second-order valence-electron chi connectivity index (χ2n) is 5.84. The van der Waals surface area contributed by atoms with Gasteiger partial charge in [0.25, 0.3) is 0 Å². The average molecular weight is 275 g/mol. The zero-order chi connectivity index (χ0) is 14.6. The third-order valence-electron chi connectivity index (χ3n) is 4.18. The van der Waals surface area contributed by atoms with Gasteiger partial charge in [-0.3, -0.25) is 0 Å². The first-order chi connectivity index (χ1) is 9.83. The summed E-state index contributed by atoms with van der Waals surface area (Å²) in [6.45, 7) is 8.00. The number of hydrogen-bond acceptors (Lipinski definition) is 1. The number of unbranched alkanes of at least 4 members (excludes halogenated alkanes) is 3. The first kappa shape index (κ1) is 17.2. The van der Waals surface area contributed by atoms with Crippen molar-refractivity contribution >= 4 is 0 Å². The molecule has 0 saturated heterocycles. The first-order valence-electron chi connectivity index (χ1n) is 8.61. The molecule has 2 atom stereocenters. The predicted octanol–water partition coefficient (Wildman–Crippen LogP) is 5.52. The highest BCUT2D eigenvalue weighted by Gasteiger charge is 2.20. The molecule has 0 aliphatic heterocycles. The van der Waals surface area contributed by atoms with Gasteiger partial charge < -0.3 is 5.32 Å². The maximum atomic E-state index is 3.80. The fourth-order valence-corrected chi connectivity index (χ4v) is 3.02. The Kier molecular flexibility index (Phi) is 9.40. The van der Waals surface area contributed by atoms with Crippen molar-refractivity contribution in [3.63, 3.8) is 0 Å². The van der Waals surface area contributed by atoms with Crippen LogP contribution in [0, 0.1) is 0 Å². The smallest absolute Gasteiger partial charge is 0.0136 e. The molecule has 0 radical (unpaired) electrons. The lowest BCUT2D eigenvalue weighted by Crippen LogP contribution is -2.35. The molecular weight excluding hydrogens is 242 g/mol. The third-order valence-corrected chi connectivity index (χ3v) is 4.18. The maximum Gasteiger partial charge on any atom is 0.0136 e. The largest absolute Gasteiger partial charge is 0.313 e. The van der Waals surface area contributed by atoms with Gasteiger partial charge in [-0.15, -0.1) is 0 Å². The van der Waals surface area contributed by atoms with Gasteiger partial charge in [-0.05, 0) is 37.3 Å². The number of hydrogen-bond donors (Lipinski definition) is 1. The average Bonchev–Trinajstić information content (AvgIpc) is 2.50. The Morgan fingerprint density at radius 3 is 2.25 bits per heavy atom. The SMILES string of the molecule is CCCCCCC(NCCC)C(CC)c1ccccc1. The molecule has 1 N–H and O–H groups in total. The summed E-state index contributed by atoms with van der Waals surface area (Å²) in [6, 6.07) is 11.7. The molecule has 0 amide bonds. The van der Waals surface area contributed by atoms with Gasteiger partial charge in [0.1, 0.15) is 0 Å². The molecule has 0 fully saturated rings. The Morgan fingerprint density at radius 2 is 1.65 bits per heavy atom. The van der Waals surface area contributed by atoms with Gasteiger partial charge in [0, 0.05) is 6.04 Å². The van der Waals surface area contributed by atoms with Gasteiger partial charge in [0.15, 0.2) is 0 Å². The molecule has 0 aromatic heterocycles. The van der Waals surface area contributed by atoms with Crippen LogP contribution in [0.4, 0.5) is 0 Å². The van der Waals surface area contributed by atoms with E-state index in [0.29, 0.717) is 12.0 Å². The standard InChI is InChI=1S/C19H33N/c1-4-7-8-12-15-19(20-16-5-2)18(6-3)17-13-10-9-11-14-17/h9-11,13-14,18-20H,4-8,12,15-16H2,1-3H3. The zero-order valence-corrected chi connectivity index (χ0v) is 13.7. The number of rotatable bonds is 11. The van der Waals surface area contributed by atoms with Crippen molar-refractivity contribution in [2.75, 3.05) is 6.54 Å². The quantitative estimate of drug-likeness (QED) is 0.524. The highest BCUT2D eigenvalue weighted by Crippen LogP contribution is 2.26. The second kappa shape index (κ2) is 10.9. The number of nitrogens with one attached hydrogen (secondary N) is 1. The van der Waals surface area contributed by atoms with E-state index in [1.54, 1.807) is 0 Å². The second-order valence-corrected chi connectivity index (χ2v) is 5.84.